The van der Waals surface area contributed by atoms with Crippen molar-refractivity contribution in [2.45, 2.75) is 26.2 Å². The first-order valence-corrected chi connectivity index (χ1v) is 10.0. The first kappa shape index (κ1) is 17.4. The van der Waals surface area contributed by atoms with Crippen molar-refractivity contribution in [3.05, 3.63) is 30.3 Å². The first-order valence-electron chi connectivity index (χ1n) is 10.0. The van der Waals surface area contributed by atoms with Gasteiger partial charge in [0, 0.05) is 45.0 Å². The van der Waals surface area contributed by atoms with Crippen molar-refractivity contribution in [2.75, 3.05) is 44.2 Å². The number of anilines is 1. The monoisotopic (exact) mass is 355 g/mol. The average molecular weight is 355 g/mol. The summed E-state index contributed by atoms with van der Waals surface area (Å²) in [7, 11) is 0. The van der Waals surface area contributed by atoms with Gasteiger partial charge in [0.2, 0.25) is 11.8 Å². The highest BCUT2D eigenvalue weighted by Crippen LogP contribution is 2.42. The number of amides is 2. The summed E-state index contributed by atoms with van der Waals surface area (Å²) in [6, 6.07) is 10.4. The molecule has 2 amide bonds. The normalized spacial score (nSPS) is 28.8. The van der Waals surface area contributed by atoms with Crippen LogP contribution in [0, 0.1) is 17.8 Å². The van der Waals surface area contributed by atoms with Crippen molar-refractivity contribution < 1.29 is 9.59 Å². The van der Waals surface area contributed by atoms with Crippen molar-refractivity contribution in [1.29, 1.82) is 0 Å². The van der Waals surface area contributed by atoms with Gasteiger partial charge in [-0.25, -0.2) is 0 Å². The van der Waals surface area contributed by atoms with E-state index in [0.29, 0.717) is 5.92 Å². The lowest BCUT2D eigenvalue weighted by atomic mass is 10.00. The minimum atomic E-state index is -0.0667. The van der Waals surface area contributed by atoms with Crippen LogP contribution in [0.25, 0.3) is 0 Å². The lowest BCUT2D eigenvalue weighted by Gasteiger charge is -2.36. The first-order chi connectivity index (χ1) is 12.6. The number of nitrogens with zero attached hydrogens (tertiary/aromatic N) is 3. The average Bonchev–Trinajstić information content (AvgIpc) is 3.48. The second-order valence-electron chi connectivity index (χ2n) is 8.13. The van der Waals surface area contributed by atoms with E-state index in [-0.39, 0.29) is 23.7 Å². The van der Waals surface area contributed by atoms with Gasteiger partial charge in [0.15, 0.2) is 0 Å². The van der Waals surface area contributed by atoms with Gasteiger partial charge in [-0.05, 0) is 37.3 Å². The van der Waals surface area contributed by atoms with Gasteiger partial charge in [0.05, 0.1) is 11.8 Å². The molecule has 3 aliphatic rings. The standard InChI is InChI=1S/C21H29N3O2/c1-16-6-5-9-24(15-16)21(26)19-14-18(19)20(25)23-12-10-22(11-13-23)17-7-3-2-4-8-17/h2-4,7-8,16,18-19H,5-6,9-15H2,1H3. The van der Waals surface area contributed by atoms with Crippen molar-refractivity contribution in [3.8, 4) is 0 Å². The molecule has 5 nitrogen and oxygen atoms in total. The van der Waals surface area contributed by atoms with Crippen LogP contribution in [0.4, 0.5) is 5.69 Å². The van der Waals surface area contributed by atoms with E-state index in [0.717, 1.165) is 52.1 Å². The topological polar surface area (TPSA) is 43.9 Å². The van der Waals surface area contributed by atoms with Crippen LogP contribution in [0.2, 0.25) is 0 Å². The van der Waals surface area contributed by atoms with Gasteiger partial charge in [-0.1, -0.05) is 25.1 Å². The minimum Gasteiger partial charge on any atom is -0.368 e. The molecule has 0 bridgehead atoms. The fourth-order valence-electron chi connectivity index (χ4n) is 4.42. The highest BCUT2D eigenvalue weighted by atomic mass is 16.2. The maximum absolute atomic E-state index is 12.8. The largest absolute Gasteiger partial charge is 0.368 e. The molecule has 3 unspecified atom stereocenters. The van der Waals surface area contributed by atoms with Crippen molar-refractivity contribution in [1.82, 2.24) is 9.80 Å². The Morgan fingerprint density at radius 3 is 2.19 bits per heavy atom. The Labute approximate surface area is 155 Å². The molecule has 0 spiro atoms. The van der Waals surface area contributed by atoms with Crippen LogP contribution in [-0.2, 0) is 9.59 Å². The molecule has 1 saturated carbocycles. The molecular weight excluding hydrogens is 326 g/mol. The third kappa shape index (κ3) is 3.57. The molecule has 0 radical (unpaired) electrons. The highest BCUT2D eigenvalue weighted by molar-refractivity contribution is 5.92. The lowest BCUT2D eigenvalue weighted by molar-refractivity contribution is -0.139. The Balaban J connectivity index is 1.28. The fraction of sp³-hybridized carbons (Fsp3) is 0.619. The van der Waals surface area contributed by atoms with Crippen LogP contribution in [0.15, 0.2) is 30.3 Å². The fourth-order valence-corrected chi connectivity index (χ4v) is 4.42. The Morgan fingerprint density at radius 1 is 0.885 bits per heavy atom. The van der Waals surface area contributed by atoms with E-state index in [1.54, 1.807) is 0 Å². The van der Waals surface area contributed by atoms with Gasteiger partial charge in [-0.2, -0.15) is 0 Å². The number of para-hydroxylation sites is 1. The summed E-state index contributed by atoms with van der Waals surface area (Å²) in [5.74, 6) is 0.883. The zero-order valence-electron chi connectivity index (χ0n) is 15.6. The molecule has 2 heterocycles. The number of piperidine rings is 1. The molecular formula is C21H29N3O2. The van der Waals surface area contributed by atoms with Crippen molar-refractivity contribution >= 4 is 17.5 Å². The molecule has 0 N–H and O–H groups in total. The molecule has 4 rings (SSSR count). The minimum absolute atomic E-state index is 0.0556. The predicted molar refractivity (Wildman–Crippen MR) is 102 cm³/mol. The van der Waals surface area contributed by atoms with E-state index in [1.165, 1.54) is 12.1 Å². The molecule has 0 aromatic heterocycles. The predicted octanol–water partition coefficient (Wildman–Crippen LogP) is 2.23. The van der Waals surface area contributed by atoms with Crippen LogP contribution in [0.1, 0.15) is 26.2 Å². The Bertz CT molecular complexity index is 654. The number of rotatable bonds is 3. The van der Waals surface area contributed by atoms with Crippen LogP contribution >= 0.6 is 0 Å². The third-order valence-electron chi connectivity index (χ3n) is 6.11. The third-order valence-corrected chi connectivity index (χ3v) is 6.11. The van der Waals surface area contributed by atoms with E-state index in [4.69, 9.17) is 0 Å². The summed E-state index contributed by atoms with van der Waals surface area (Å²) >= 11 is 0. The summed E-state index contributed by atoms with van der Waals surface area (Å²) in [6.07, 6.45) is 3.06. The zero-order chi connectivity index (χ0) is 18.1. The number of likely N-dealkylation sites (tertiary alicyclic amines) is 1. The van der Waals surface area contributed by atoms with Gasteiger partial charge in [-0.15, -0.1) is 0 Å². The van der Waals surface area contributed by atoms with E-state index >= 15 is 0 Å². The molecule has 1 aromatic rings. The maximum atomic E-state index is 12.8. The van der Waals surface area contributed by atoms with Gasteiger partial charge >= 0.3 is 0 Å². The van der Waals surface area contributed by atoms with E-state index < -0.39 is 0 Å². The summed E-state index contributed by atoms with van der Waals surface area (Å²) in [4.78, 5) is 31.8. The molecule has 3 fully saturated rings. The van der Waals surface area contributed by atoms with Gasteiger partial charge in [-0.3, -0.25) is 9.59 Å². The molecule has 140 valence electrons. The quantitative estimate of drug-likeness (QED) is 0.835. The van der Waals surface area contributed by atoms with Gasteiger partial charge < -0.3 is 14.7 Å². The lowest BCUT2D eigenvalue weighted by Crippen LogP contribution is -2.49. The highest BCUT2D eigenvalue weighted by Gasteiger charge is 2.51. The number of carbonyl (C=O) groups is 2. The van der Waals surface area contributed by atoms with E-state index in [9.17, 15) is 9.59 Å². The molecule has 3 atom stereocenters. The van der Waals surface area contributed by atoms with Gasteiger partial charge in [0.25, 0.3) is 0 Å². The summed E-state index contributed by atoms with van der Waals surface area (Å²) in [5.41, 5.74) is 1.22. The number of carbonyl (C=O) groups excluding carboxylic acids is 2. The smallest absolute Gasteiger partial charge is 0.226 e. The number of piperazine rings is 1. The van der Waals surface area contributed by atoms with Crippen LogP contribution < -0.4 is 4.90 Å². The molecule has 2 saturated heterocycles. The summed E-state index contributed by atoms with van der Waals surface area (Å²) < 4.78 is 0. The molecule has 2 aliphatic heterocycles. The molecule has 26 heavy (non-hydrogen) atoms. The second kappa shape index (κ2) is 7.29. The SMILES string of the molecule is CC1CCCN(C(=O)C2CC2C(=O)N2CCN(c3ccccc3)CC2)C1. The second-order valence-corrected chi connectivity index (χ2v) is 8.13. The Hall–Kier alpha value is -2.04. The van der Waals surface area contributed by atoms with Crippen molar-refractivity contribution in [2.24, 2.45) is 17.8 Å². The van der Waals surface area contributed by atoms with Crippen LogP contribution in [-0.4, -0.2) is 60.9 Å². The Morgan fingerprint density at radius 2 is 1.54 bits per heavy atom. The van der Waals surface area contributed by atoms with E-state index in [2.05, 4.69) is 36.1 Å². The zero-order valence-corrected chi connectivity index (χ0v) is 15.6. The number of hydrogen-bond acceptors (Lipinski definition) is 3. The van der Waals surface area contributed by atoms with Crippen molar-refractivity contribution in [3.63, 3.8) is 0 Å². The van der Waals surface area contributed by atoms with E-state index in [1.807, 2.05) is 15.9 Å². The van der Waals surface area contributed by atoms with Crippen LogP contribution in [0.3, 0.4) is 0 Å². The van der Waals surface area contributed by atoms with Crippen LogP contribution in [0.5, 0.6) is 0 Å². The summed E-state index contributed by atoms with van der Waals surface area (Å²) in [6.45, 7) is 7.19. The number of hydrogen-bond donors (Lipinski definition) is 0. The molecule has 5 heteroatoms. The summed E-state index contributed by atoms with van der Waals surface area (Å²) in [5, 5.41) is 0. The molecule has 1 aliphatic carbocycles. The Kier molecular flexibility index (Phi) is 4.88. The number of benzene rings is 1. The maximum Gasteiger partial charge on any atom is 0.226 e. The molecule has 1 aromatic carbocycles. The van der Waals surface area contributed by atoms with Gasteiger partial charge in [0.1, 0.15) is 0 Å².